The fourth-order valence-corrected chi connectivity index (χ4v) is 2.81. The van der Waals surface area contributed by atoms with Crippen molar-refractivity contribution in [3.63, 3.8) is 0 Å². The van der Waals surface area contributed by atoms with Gasteiger partial charge in [-0.2, -0.15) is 13.2 Å². The van der Waals surface area contributed by atoms with Crippen molar-refractivity contribution in [1.29, 1.82) is 0 Å². The van der Waals surface area contributed by atoms with Crippen LogP contribution in [0.15, 0.2) is 23.5 Å². The van der Waals surface area contributed by atoms with Crippen LogP contribution in [-0.2, 0) is 12.7 Å². The number of hydrogen-bond acceptors (Lipinski definition) is 5. The average molecular weight is 536 g/mol. The molecule has 0 aromatic carbocycles. The van der Waals surface area contributed by atoms with Gasteiger partial charge < -0.3 is 15.4 Å². The topological polar surface area (TPSA) is 71.4 Å². The van der Waals surface area contributed by atoms with Crippen LogP contribution in [0, 0.1) is 6.92 Å². The second kappa shape index (κ2) is 10.9. The first-order valence-corrected chi connectivity index (χ1v) is 8.70. The molecule has 6 nitrogen and oxygen atoms in total. The Kier molecular flexibility index (Phi) is 9.53. The predicted molar refractivity (Wildman–Crippen MR) is 110 cm³/mol. The number of guanidine groups is 1. The van der Waals surface area contributed by atoms with Gasteiger partial charge in [0.25, 0.3) is 0 Å². The summed E-state index contributed by atoms with van der Waals surface area (Å²) in [6.07, 6.45) is -2.01. The summed E-state index contributed by atoms with van der Waals surface area (Å²) in [5.74, 6) is 0.496. The molecule has 0 aliphatic heterocycles. The summed E-state index contributed by atoms with van der Waals surface area (Å²) in [5.41, 5.74) is -0.921. The highest BCUT2D eigenvalue weighted by Gasteiger charge is 2.31. The molecule has 0 amide bonds. The van der Waals surface area contributed by atoms with Crippen LogP contribution in [0.3, 0.4) is 0 Å². The lowest BCUT2D eigenvalue weighted by Gasteiger charge is -2.12. The number of ether oxygens (including phenoxy) is 1. The van der Waals surface area contributed by atoms with Crippen molar-refractivity contribution < 1.29 is 17.9 Å². The van der Waals surface area contributed by atoms with Crippen LogP contribution in [0.4, 0.5) is 13.2 Å². The highest BCUT2D eigenvalue weighted by atomic mass is 127. The molecule has 0 aliphatic rings. The molecule has 2 rings (SSSR count). The second-order valence-corrected chi connectivity index (χ2v) is 6.80. The molecule has 0 aliphatic carbocycles. The molecule has 2 heterocycles. The van der Waals surface area contributed by atoms with Crippen LogP contribution in [-0.4, -0.2) is 36.1 Å². The Morgan fingerprint density at radius 3 is 2.59 bits per heavy atom. The van der Waals surface area contributed by atoms with Crippen LogP contribution in [0.2, 0.25) is 5.02 Å². The van der Waals surface area contributed by atoms with Crippen LogP contribution in [0.1, 0.15) is 15.4 Å². The number of nitrogens with zero attached hydrogens (tertiary/aromatic N) is 3. The fraction of sp³-hybridized carbons (Fsp3) is 0.400. The summed E-state index contributed by atoms with van der Waals surface area (Å²) in [6, 6.07) is 0.786. The number of halogens is 5. The van der Waals surface area contributed by atoms with Crippen LogP contribution in [0.25, 0.3) is 0 Å². The molecule has 0 fully saturated rings. The summed E-state index contributed by atoms with van der Waals surface area (Å²) in [6.45, 7) is 3.02. The van der Waals surface area contributed by atoms with Gasteiger partial charge in [-0.25, -0.2) is 9.97 Å². The monoisotopic (exact) mass is 535 g/mol. The first-order chi connectivity index (χ1) is 12.3. The summed E-state index contributed by atoms with van der Waals surface area (Å²) < 4.78 is 43.0. The van der Waals surface area contributed by atoms with Gasteiger partial charge >= 0.3 is 6.18 Å². The van der Waals surface area contributed by atoms with E-state index >= 15 is 0 Å². The normalized spacial score (nSPS) is 11.7. The lowest BCUT2D eigenvalue weighted by atomic mass is 10.3. The summed E-state index contributed by atoms with van der Waals surface area (Å²) in [4.78, 5) is 13.0. The van der Waals surface area contributed by atoms with Crippen molar-refractivity contribution in [2.45, 2.75) is 19.6 Å². The van der Waals surface area contributed by atoms with Crippen LogP contribution < -0.4 is 15.4 Å². The van der Waals surface area contributed by atoms with Crippen molar-refractivity contribution >= 4 is 52.9 Å². The summed E-state index contributed by atoms with van der Waals surface area (Å²) in [7, 11) is 1.62. The Hall–Kier alpha value is -1.34. The largest absolute Gasteiger partial charge is 0.475 e. The molecule has 0 radical (unpaired) electrons. The van der Waals surface area contributed by atoms with E-state index in [-0.39, 0.29) is 41.5 Å². The van der Waals surface area contributed by atoms with Crippen molar-refractivity contribution in [2.75, 3.05) is 20.2 Å². The van der Waals surface area contributed by atoms with Gasteiger partial charge in [0.2, 0.25) is 5.88 Å². The quantitative estimate of drug-likeness (QED) is 0.254. The molecule has 2 N–H and O–H groups in total. The molecule has 0 saturated carbocycles. The molecular formula is C15H18ClF3IN5OS. The predicted octanol–water partition coefficient (Wildman–Crippen LogP) is 3.88. The molecule has 0 unspecified atom stereocenters. The third-order valence-electron chi connectivity index (χ3n) is 3.07. The number of alkyl halides is 3. The van der Waals surface area contributed by atoms with Crippen LogP contribution >= 0.6 is 46.9 Å². The average Bonchev–Trinajstić information content (AvgIpc) is 3.00. The van der Waals surface area contributed by atoms with E-state index in [0.717, 1.165) is 16.0 Å². The molecular weight excluding hydrogens is 518 g/mol. The zero-order valence-corrected chi connectivity index (χ0v) is 18.3. The number of aryl methyl sites for hydroxylation is 1. The molecule has 0 atom stereocenters. The van der Waals surface area contributed by atoms with Crippen molar-refractivity contribution in [3.8, 4) is 5.88 Å². The Labute approximate surface area is 180 Å². The zero-order valence-electron chi connectivity index (χ0n) is 14.4. The number of thiazole rings is 1. The number of aromatic nitrogens is 2. The van der Waals surface area contributed by atoms with Gasteiger partial charge in [0.05, 0.1) is 18.7 Å². The van der Waals surface area contributed by atoms with Gasteiger partial charge in [-0.15, -0.1) is 35.3 Å². The maximum absolute atomic E-state index is 12.6. The maximum atomic E-state index is 12.6. The molecule has 27 heavy (non-hydrogen) atoms. The molecule has 0 bridgehead atoms. The molecule has 12 heteroatoms. The van der Waals surface area contributed by atoms with Gasteiger partial charge in [0.1, 0.15) is 16.6 Å². The third kappa shape index (κ3) is 7.66. The Balaban J connectivity index is 0.00000364. The van der Waals surface area contributed by atoms with Gasteiger partial charge in [-0.1, -0.05) is 11.6 Å². The van der Waals surface area contributed by atoms with E-state index in [2.05, 4.69) is 25.6 Å². The maximum Gasteiger partial charge on any atom is 0.417 e. The lowest BCUT2D eigenvalue weighted by molar-refractivity contribution is -0.137. The highest BCUT2D eigenvalue weighted by Crippen LogP contribution is 2.32. The summed E-state index contributed by atoms with van der Waals surface area (Å²) in [5, 5.41) is 6.85. The lowest BCUT2D eigenvalue weighted by Crippen LogP contribution is -2.38. The minimum absolute atomic E-state index is 0. The van der Waals surface area contributed by atoms with E-state index in [1.807, 2.05) is 6.92 Å². The smallest absolute Gasteiger partial charge is 0.417 e. The van der Waals surface area contributed by atoms with E-state index < -0.39 is 11.7 Å². The first kappa shape index (κ1) is 23.7. The molecule has 0 saturated heterocycles. The summed E-state index contributed by atoms with van der Waals surface area (Å²) >= 11 is 7.36. The number of rotatable bonds is 6. The number of nitrogens with one attached hydrogen (secondary N) is 2. The van der Waals surface area contributed by atoms with Crippen LogP contribution in [0.5, 0.6) is 5.88 Å². The van der Waals surface area contributed by atoms with E-state index in [1.165, 1.54) is 0 Å². The molecule has 2 aromatic heterocycles. The Morgan fingerprint density at radius 2 is 2.04 bits per heavy atom. The van der Waals surface area contributed by atoms with Gasteiger partial charge in [0.15, 0.2) is 5.96 Å². The van der Waals surface area contributed by atoms with E-state index in [0.29, 0.717) is 25.2 Å². The van der Waals surface area contributed by atoms with Crippen molar-refractivity contribution in [3.05, 3.63) is 38.9 Å². The highest BCUT2D eigenvalue weighted by molar-refractivity contribution is 14.0. The standard InChI is InChI=1S/C15H17ClF3N5OS.HI/c1-9-6-22-12(26-9)8-24-14(20-2)21-3-4-25-13-11(16)5-10(7-23-13)15(17,18)19;/h5-7H,3-4,8H2,1-2H3,(H2,20,21,24);1H. The number of hydrogen-bond donors (Lipinski definition) is 2. The molecule has 150 valence electrons. The zero-order chi connectivity index (χ0) is 19.2. The number of aliphatic imine (C=N–C) groups is 1. The minimum Gasteiger partial charge on any atom is -0.475 e. The van der Waals surface area contributed by atoms with E-state index in [1.54, 1.807) is 24.6 Å². The molecule has 0 spiro atoms. The van der Waals surface area contributed by atoms with Crippen molar-refractivity contribution in [1.82, 2.24) is 20.6 Å². The van der Waals surface area contributed by atoms with Gasteiger partial charge in [0, 0.05) is 24.3 Å². The molecule has 2 aromatic rings. The first-order valence-electron chi connectivity index (χ1n) is 7.51. The number of pyridine rings is 1. The van der Waals surface area contributed by atoms with Gasteiger partial charge in [-0.3, -0.25) is 4.99 Å². The van der Waals surface area contributed by atoms with E-state index in [9.17, 15) is 13.2 Å². The van der Waals surface area contributed by atoms with Crippen molar-refractivity contribution in [2.24, 2.45) is 4.99 Å². The third-order valence-corrected chi connectivity index (χ3v) is 4.25. The fourth-order valence-electron chi connectivity index (χ4n) is 1.87. The van der Waals surface area contributed by atoms with E-state index in [4.69, 9.17) is 16.3 Å². The Bertz CT molecular complexity index is 772. The second-order valence-electron chi connectivity index (χ2n) is 5.07. The Morgan fingerprint density at radius 1 is 1.30 bits per heavy atom. The minimum atomic E-state index is -4.50. The van der Waals surface area contributed by atoms with Gasteiger partial charge in [-0.05, 0) is 13.0 Å². The SMILES string of the molecule is CN=C(NCCOc1ncc(C(F)(F)F)cc1Cl)NCc1ncc(C)s1.I.